The van der Waals surface area contributed by atoms with Crippen molar-refractivity contribution in [2.45, 2.75) is 12.6 Å². The maximum absolute atomic E-state index is 11.7. The van der Waals surface area contributed by atoms with Gasteiger partial charge in [0.15, 0.2) is 11.5 Å². The van der Waals surface area contributed by atoms with Crippen LogP contribution in [0.5, 0.6) is 0 Å². The lowest BCUT2D eigenvalue weighted by Crippen LogP contribution is -2.39. The van der Waals surface area contributed by atoms with Crippen molar-refractivity contribution in [1.29, 1.82) is 0 Å². The number of amidine groups is 1. The van der Waals surface area contributed by atoms with Crippen LogP contribution in [-0.2, 0) is 10.5 Å². The second-order valence-electron chi connectivity index (χ2n) is 4.22. The number of rotatable bonds is 1. The Morgan fingerprint density at radius 3 is 2.38 bits per heavy atom. The monoisotopic (exact) mass is 217 g/mol. The van der Waals surface area contributed by atoms with E-state index in [1.54, 1.807) is 4.90 Å². The van der Waals surface area contributed by atoms with E-state index in [1.165, 1.54) is 0 Å². The molecule has 0 aromatic heterocycles. The van der Waals surface area contributed by atoms with Crippen molar-refractivity contribution < 1.29 is 4.79 Å². The standard InChI is InChI=1S/C12H15N3O/c1-12(9-7-5-4-6-8-9)13-10(15(2)3)11(16)14-12/h4-8H,1-3H3,(H,14,16). The Balaban J connectivity index is 2.40. The van der Waals surface area contributed by atoms with Crippen molar-refractivity contribution in [2.24, 2.45) is 4.99 Å². The summed E-state index contributed by atoms with van der Waals surface area (Å²) in [6.45, 7) is 1.90. The summed E-state index contributed by atoms with van der Waals surface area (Å²) in [4.78, 5) is 17.9. The highest BCUT2D eigenvalue weighted by Gasteiger charge is 2.37. The zero-order chi connectivity index (χ0) is 11.8. The number of carbonyl (C=O) groups excluding carboxylic acids is 1. The molecule has 0 aliphatic carbocycles. The minimum atomic E-state index is -0.641. The van der Waals surface area contributed by atoms with Gasteiger partial charge in [-0.25, -0.2) is 4.99 Å². The molecule has 1 unspecified atom stereocenters. The summed E-state index contributed by atoms with van der Waals surface area (Å²) >= 11 is 0. The highest BCUT2D eigenvalue weighted by molar-refractivity contribution is 6.39. The summed E-state index contributed by atoms with van der Waals surface area (Å²) in [5.74, 6) is 0.336. The van der Waals surface area contributed by atoms with Crippen molar-refractivity contribution in [2.75, 3.05) is 14.1 Å². The summed E-state index contributed by atoms with van der Waals surface area (Å²) in [6, 6.07) is 9.75. The highest BCUT2D eigenvalue weighted by atomic mass is 16.2. The number of amides is 1. The first kappa shape index (κ1) is 10.7. The van der Waals surface area contributed by atoms with Crippen molar-refractivity contribution in [3.8, 4) is 0 Å². The normalized spacial score (nSPS) is 23.9. The number of benzene rings is 1. The number of carbonyl (C=O) groups is 1. The Bertz CT molecular complexity index is 439. The quantitative estimate of drug-likeness (QED) is 0.761. The van der Waals surface area contributed by atoms with Gasteiger partial charge < -0.3 is 10.2 Å². The van der Waals surface area contributed by atoms with Crippen molar-refractivity contribution >= 4 is 11.7 Å². The number of nitrogens with zero attached hydrogens (tertiary/aromatic N) is 2. The fraction of sp³-hybridized carbons (Fsp3) is 0.333. The van der Waals surface area contributed by atoms with E-state index in [9.17, 15) is 4.79 Å². The van der Waals surface area contributed by atoms with Crippen LogP contribution in [-0.4, -0.2) is 30.7 Å². The Labute approximate surface area is 95.0 Å². The van der Waals surface area contributed by atoms with Gasteiger partial charge in [-0.3, -0.25) is 4.79 Å². The molecule has 16 heavy (non-hydrogen) atoms. The zero-order valence-electron chi connectivity index (χ0n) is 9.69. The fourth-order valence-corrected chi connectivity index (χ4v) is 1.77. The molecule has 1 atom stereocenters. The Kier molecular flexibility index (Phi) is 2.42. The molecule has 0 bridgehead atoms. The van der Waals surface area contributed by atoms with Gasteiger partial charge in [0.25, 0.3) is 5.91 Å². The van der Waals surface area contributed by atoms with Crippen LogP contribution in [0.4, 0.5) is 0 Å². The van der Waals surface area contributed by atoms with Crippen molar-refractivity contribution in [1.82, 2.24) is 10.2 Å². The molecule has 4 nitrogen and oxygen atoms in total. The average Bonchev–Trinajstić information content (AvgIpc) is 2.57. The molecule has 1 aromatic rings. The van der Waals surface area contributed by atoms with Gasteiger partial charge in [-0.05, 0) is 12.5 Å². The molecular weight excluding hydrogens is 202 g/mol. The van der Waals surface area contributed by atoms with E-state index in [0.29, 0.717) is 5.84 Å². The van der Waals surface area contributed by atoms with Crippen LogP contribution in [0.2, 0.25) is 0 Å². The summed E-state index contributed by atoms with van der Waals surface area (Å²) < 4.78 is 0. The molecule has 1 aromatic carbocycles. The first-order valence-electron chi connectivity index (χ1n) is 5.18. The van der Waals surface area contributed by atoms with Crippen molar-refractivity contribution in [3.63, 3.8) is 0 Å². The molecule has 1 aliphatic heterocycles. The first-order valence-corrected chi connectivity index (χ1v) is 5.18. The fourth-order valence-electron chi connectivity index (χ4n) is 1.77. The minimum absolute atomic E-state index is 0.128. The Morgan fingerprint density at radius 2 is 1.88 bits per heavy atom. The summed E-state index contributed by atoms with van der Waals surface area (Å²) in [6.07, 6.45) is 0. The van der Waals surface area contributed by atoms with E-state index >= 15 is 0 Å². The maximum Gasteiger partial charge on any atom is 0.288 e. The predicted octanol–water partition coefficient (Wildman–Crippen LogP) is 0.949. The highest BCUT2D eigenvalue weighted by Crippen LogP contribution is 2.26. The third kappa shape index (κ3) is 1.66. The summed E-state index contributed by atoms with van der Waals surface area (Å²) in [7, 11) is 3.63. The molecule has 1 aliphatic rings. The van der Waals surface area contributed by atoms with Crippen LogP contribution in [0.1, 0.15) is 12.5 Å². The largest absolute Gasteiger partial charge is 0.358 e. The lowest BCUT2D eigenvalue weighted by molar-refractivity contribution is -0.115. The van der Waals surface area contributed by atoms with E-state index in [-0.39, 0.29) is 5.91 Å². The molecule has 0 radical (unpaired) electrons. The van der Waals surface area contributed by atoms with Crippen LogP contribution in [0.15, 0.2) is 35.3 Å². The minimum Gasteiger partial charge on any atom is -0.358 e. The summed E-state index contributed by atoms with van der Waals surface area (Å²) in [5, 5.41) is 2.89. The Morgan fingerprint density at radius 1 is 1.25 bits per heavy atom. The molecule has 0 saturated carbocycles. The maximum atomic E-state index is 11.7. The van der Waals surface area contributed by atoms with E-state index in [4.69, 9.17) is 0 Å². The van der Waals surface area contributed by atoms with Crippen LogP contribution in [0.3, 0.4) is 0 Å². The molecule has 1 amide bonds. The molecular formula is C12H15N3O. The third-order valence-electron chi connectivity index (χ3n) is 2.65. The number of hydrogen-bond acceptors (Lipinski definition) is 3. The lowest BCUT2D eigenvalue weighted by Gasteiger charge is -2.20. The van der Waals surface area contributed by atoms with Gasteiger partial charge in [-0.1, -0.05) is 30.3 Å². The topological polar surface area (TPSA) is 44.7 Å². The molecule has 0 spiro atoms. The smallest absolute Gasteiger partial charge is 0.288 e. The van der Waals surface area contributed by atoms with Crippen LogP contribution >= 0.6 is 0 Å². The molecule has 0 saturated heterocycles. The first-order chi connectivity index (χ1) is 7.53. The lowest BCUT2D eigenvalue weighted by atomic mass is 10.0. The molecule has 2 rings (SSSR count). The second kappa shape index (κ2) is 3.63. The van der Waals surface area contributed by atoms with Gasteiger partial charge in [0.05, 0.1) is 0 Å². The van der Waals surface area contributed by atoms with Gasteiger partial charge in [-0.15, -0.1) is 0 Å². The number of likely N-dealkylation sites (N-methyl/N-ethyl adjacent to an activating group) is 1. The van der Waals surface area contributed by atoms with Gasteiger partial charge in [0.2, 0.25) is 0 Å². The van der Waals surface area contributed by atoms with Crippen LogP contribution < -0.4 is 5.32 Å². The van der Waals surface area contributed by atoms with E-state index in [2.05, 4.69) is 10.3 Å². The molecule has 84 valence electrons. The number of nitrogens with one attached hydrogen (secondary N) is 1. The zero-order valence-corrected chi connectivity index (χ0v) is 9.69. The van der Waals surface area contributed by atoms with Gasteiger partial charge in [0, 0.05) is 14.1 Å². The number of hydrogen-bond donors (Lipinski definition) is 1. The summed E-state index contributed by atoms with van der Waals surface area (Å²) in [5.41, 5.74) is 0.345. The van der Waals surface area contributed by atoms with Gasteiger partial charge in [0.1, 0.15) is 0 Å². The van der Waals surface area contributed by atoms with Gasteiger partial charge >= 0.3 is 0 Å². The van der Waals surface area contributed by atoms with E-state index in [1.807, 2.05) is 51.4 Å². The van der Waals surface area contributed by atoms with Gasteiger partial charge in [-0.2, -0.15) is 0 Å². The SMILES string of the molecule is CN(C)C1=NC(C)(c2ccccc2)NC1=O. The molecule has 1 N–H and O–H groups in total. The van der Waals surface area contributed by atoms with Crippen LogP contribution in [0.25, 0.3) is 0 Å². The van der Waals surface area contributed by atoms with E-state index < -0.39 is 5.66 Å². The third-order valence-corrected chi connectivity index (χ3v) is 2.65. The number of aliphatic imine (C=N–C) groups is 1. The van der Waals surface area contributed by atoms with Crippen LogP contribution in [0, 0.1) is 0 Å². The van der Waals surface area contributed by atoms with Crippen molar-refractivity contribution in [3.05, 3.63) is 35.9 Å². The Hall–Kier alpha value is -1.84. The second-order valence-corrected chi connectivity index (χ2v) is 4.22. The predicted molar refractivity (Wildman–Crippen MR) is 63.1 cm³/mol. The molecule has 4 heteroatoms. The van der Waals surface area contributed by atoms with E-state index in [0.717, 1.165) is 5.56 Å². The average molecular weight is 217 g/mol. The molecule has 1 heterocycles. The molecule has 0 fully saturated rings.